The number of ether oxygens (including phenoxy) is 3. The van der Waals surface area contributed by atoms with Crippen molar-refractivity contribution in [3.8, 4) is 0 Å². The summed E-state index contributed by atoms with van der Waals surface area (Å²) in [6.45, 7) is 7.75. The van der Waals surface area contributed by atoms with Crippen molar-refractivity contribution in [2.75, 3.05) is 19.8 Å². The van der Waals surface area contributed by atoms with Crippen LogP contribution in [0.4, 0.5) is 0 Å². The summed E-state index contributed by atoms with van der Waals surface area (Å²) in [7, 11) is 0. The zero-order chi connectivity index (χ0) is 42.1. The first-order chi connectivity index (χ1) is 28.6. The Morgan fingerprint density at radius 1 is 0.397 bits per heavy atom. The lowest BCUT2D eigenvalue weighted by Crippen LogP contribution is -2.30. The summed E-state index contributed by atoms with van der Waals surface area (Å²) in [6.07, 6.45) is 58.6. The molecule has 0 heterocycles. The number of hydrogen-bond donors (Lipinski definition) is 0. The minimum absolute atomic E-state index is 0.0860. The molecule has 0 spiro atoms. The number of rotatable bonds is 47. The molecule has 0 aliphatic rings. The molecule has 0 saturated carbocycles. The molecule has 0 aromatic heterocycles. The third-order valence-corrected chi connectivity index (χ3v) is 11.2. The highest BCUT2D eigenvalue weighted by Gasteiger charge is 2.17. The second-order valence-corrected chi connectivity index (χ2v) is 17.1. The predicted molar refractivity (Wildman–Crippen MR) is 252 cm³/mol. The van der Waals surface area contributed by atoms with Crippen molar-refractivity contribution in [2.24, 2.45) is 0 Å². The normalized spacial score (nSPS) is 12.4. The van der Waals surface area contributed by atoms with Crippen molar-refractivity contribution in [2.45, 2.75) is 271 Å². The number of carbonyl (C=O) groups excluding carboxylic acids is 2. The Hall–Kier alpha value is -1.88. The van der Waals surface area contributed by atoms with Gasteiger partial charge in [-0.05, 0) is 51.4 Å². The van der Waals surface area contributed by atoms with Gasteiger partial charge >= 0.3 is 11.9 Å². The van der Waals surface area contributed by atoms with Crippen LogP contribution < -0.4 is 0 Å². The summed E-state index contributed by atoms with van der Waals surface area (Å²) in [6, 6.07) is 0. The fourth-order valence-corrected chi connectivity index (χ4v) is 7.41. The highest BCUT2D eigenvalue weighted by atomic mass is 16.6. The lowest BCUT2D eigenvalue weighted by atomic mass is 10.0. The summed E-state index contributed by atoms with van der Waals surface area (Å²) < 4.78 is 17.4. The predicted octanol–water partition coefficient (Wildman–Crippen LogP) is 17.0. The van der Waals surface area contributed by atoms with E-state index in [0.717, 1.165) is 64.2 Å². The monoisotopic (exact) mass is 815 g/mol. The van der Waals surface area contributed by atoms with Crippen molar-refractivity contribution < 1.29 is 23.8 Å². The number of esters is 2. The second-order valence-electron chi connectivity index (χ2n) is 17.1. The number of carbonyl (C=O) groups is 2. The van der Waals surface area contributed by atoms with Crippen molar-refractivity contribution in [3.63, 3.8) is 0 Å². The molecular formula is C53H98O5. The molecule has 0 aliphatic carbocycles. The van der Waals surface area contributed by atoms with Gasteiger partial charge in [-0.3, -0.25) is 9.59 Å². The molecule has 0 aliphatic heterocycles. The molecule has 0 fully saturated rings. The van der Waals surface area contributed by atoms with E-state index < -0.39 is 6.10 Å². The minimum Gasteiger partial charge on any atom is -0.462 e. The first kappa shape index (κ1) is 56.1. The van der Waals surface area contributed by atoms with E-state index in [1.165, 1.54) is 167 Å². The van der Waals surface area contributed by atoms with Crippen molar-refractivity contribution in [1.29, 1.82) is 0 Å². The standard InChI is InChI=1S/C53H98O5/c1-4-7-10-13-16-19-22-25-26-27-28-30-31-34-37-40-43-46-52(54)57-50-51(49-56-48-45-42-39-36-33-24-21-18-15-12-9-6-3)58-53(55)47-44-41-38-35-32-29-23-20-17-14-11-8-5-2/h7,10,16,19,25-26,51H,4-6,8-9,11-15,17-18,20-24,27-50H2,1-3H3/b10-7-,19-16-,26-25-. The van der Waals surface area contributed by atoms with Crippen LogP contribution in [0.25, 0.3) is 0 Å². The van der Waals surface area contributed by atoms with Gasteiger partial charge in [-0.2, -0.15) is 0 Å². The maximum atomic E-state index is 12.8. The summed E-state index contributed by atoms with van der Waals surface area (Å²) in [5, 5.41) is 0. The van der Waals surface area contributed by atoms with Crippen LogP contribution in [0.3, 0.4) is 0 Å². The average molecular weight is 815 g/mol. The summed E-state index contributed by atoms with van der Waals surface area (Å²) in [5.74, 6) is -0.394. The van der Waals surface area contributed by atoms with E-state index in [0.29, 0.717) is 26.1 Å². The molecule has 0 bridgehead atoms. The van der Waals surface area contributed by atoms with Gasteiger partial charge in [-0.1, -0.05) is 237 Å². The molecule has 1 unspecified atom stereocenters. The van der Waals surface area contributed by atoms with E-state index >= 15 is 0 Å². The number of unbranched alkanes of at least 4 members (excludes halogenated alkanes) is 30. The smallest absolute Gasteiger partial charge is 0.306 e. The second kappa shape index (κ2) is 49.5. The van der Waals surface area contributed by atoms with Crippen molar-refractivity contribution in [3.05, 3.63) is 36.5 Å². The Morgan fingerprint density at radius 2 is 0.776 bits per heavy atom. The quantitative estimate of drug-likeness (QED) is 0.0348. The van der Waals surface area contributed by atoms with E-state index in [4.69, 9.17) is 14.2 Å². The molecular weight excluding hydrogens is 717 g/mol. The molecule has 340 valence electrons. The first-order valence-electron chi connectivity index (χ1n) is 25.5. The lowest BCUT2D eigenvalue weighted by molar-refractivity contribution is -0.163. The highest BCUT2D eigenvalue weighted by molar-refractivity contribution is 5.70. The fourth-order valence-electron chi connectivity index (χ4n) is 7.41. The van der Waals surface area contributed by atoms with Crippen LogP contribution in [0.15, 0.2) is 36.5 Å². The minimum atomic E-state index is -0.532. The molecule has 0 radical (unpaired) electrons. The van der Waals surface area contributed by atoms with E-state index in [-0.39, 0.29) is 18.5 Å². The van der Waals surface area contributed by atoms with Crippen LogP contribution in [-0.4, -0.2) is 37.9 Å². The number of allylic oxidation sites excluding steroid dienone is 6. The van der Waals surface area contributed by atoms with Gasteiger partial charge in [0, 0.05) is 19.4 Å². The number of hydrogen-bond acceptors (Lipinski definition) is 5. The molecule has 5 heteroatoms. The van der Waals surface area contributed by atoms with Crippen LogP contribution in [0.2, 0.25) is 0 Å². The van der Waals surface area contributed by atoms with Crippen LogP contribution in [0.1, 0.15) is 265 Å². The SMILES string of the molecule is CC/C=C\C/C=C\C/C=C\CCCCCCCCCC(=O)OCC(COCCCCCCCCCCCCCC)OC(=O)CCCCCCCCCCCCCCC. The largest absolute Gasteiger partial charge is 0.462 e. The zero-order valence-corrected chi connectivity index (χ0v) is 39.1. The molecule has 5 nitrogen and oxygen atoms in total. The van der Waals surface area contributed by atoms with Gasteiger partial charge in [-0.15, -0.1) is 0 Å². The van der Waals surface area contributed by atoms with Crippen LogP contribution in [-0.2, 0) is 23.8 Å². The van der Waals surface area contributed by atoms with Gasteiger partial charge in [0.2, 0.25) is 0 Å². The van der Waals surface area contributed by atoms with Crippen LogP contribution in [0, 0.1) is 0 Å². The Labute approximate surface area is 361 Å². The molecule has 0 aromatic rings. The van der Waals surface area contributed by atoms with Crippen LogP contribution >= 0.6 is 0 Å². The molecule has 1 atom stereocenters. The fraction of sp³-hybridized carbons (Fsp3) is 0.849. The molecule has 0 aromatic carbocycles. The van der Waals surface area contributed by atoms with Crippen molar-refractivity contribution in [1.82, 2.24) is 0 Å². The maximum Gasteiger partial charge on any atom is 0.306 e. The topological polar surface area (TPSA) is 61.8 Å². The Balaban J connectivity index is 4.22. The molecule has 0 rings (SSSR count). The third-order valence-electron chi connectivity index (χ3n) is 11.2. The van der Waals surface area contributed by atoms with Gasteiger partial charge < -0.3 is 14.2 Å². The van der Waals surface area contributed by atoms with Gasteiger partial charge in [-0.25, -0.2) is 0 Å². The summed E-state index contributed by atoms with van der Waals surface area (Å²) >= 11 is 0. The van der Waals surface area contributed by atoms with Crippen molar-refractivity contribution >= 4 is 11.9 Å². The molecule has 0 saturated heterocycles. The molecule has 0 N–H and O–H groups in total. The first-order valence-corrected chi connectivity index (χ1v) is 25.5. The van der Waals surface area contributed by atoms with E-state index in [1.807, 2.05) is 0 Å². The zero-order valence-electron chi connectivity index (χ0n) is 39.1. The summed E-state index contributed by atoms with van der Waals surface area (Å²) in [4.78, 5) is 25.4. The molecule has 58 heavy (non-hydrogen) atoms. The van der Waals surface area contributed by atoms with Gasteiger partial charge in [0.15, 0.2) is 6.10 Å². The van der Waals surface area contributed by atoms with E-state index in [9.17, 15) is 9.59 Å². The molecule has 0 amide bonds. The van der Waals surface area contributed by atoms with E-state index in [1.54, 1.807) is 0 Å². The maximum absolute atomic E-state index is 12.8. The van der Waals surface area contributed by atoms with Gasteiger partial charge in [0.1, 0.15) is 6.61 Å². The lowest BCUT2D eigenvalue weighted by Gasteiger charge is -2.18. The Kier molecular flexibility index (Phi) is 47.9. The Morgan fingerprint density at radius 3 is 1.24 bits per heavy atom. The third kappa shape index (κ3) is 46.8. The van der Waals surface area contributed by atoms with E-state index in [2.05, 4.69) is 57.2 Å². The summed E-state index contributed by atoms with van der Waals surface area (Å²) in [5.41, 5.74) is 0. The van der Waals surface area contributed by atoms with Crippen LogP contribution in [0.5, 0.6) is 0 Å². The average Bonchev–Trinajstić information content (AvgIpc) is 3.22. The highest BCUT2D eigenvalue weighted by Crippen LogP contribution is 2.15. The Bertz CT molecular complexity index is 924. The van der Waals surface area contributed by atoms with Gasteiger partial charge in [0.25, 0.3) is 0 Å². The van der Waals surface area contributed by atoms with Gasteiger partial charge in [0.05, 0.1) is 6.61 Å².